The zero-order chi connectivity index (χ0) is 14.9. The van der Waals surface area contributed by atoms with Crippen LogP contribution in [0.1, 0.15) is 20.8 Å². The minimum absolute atomic E-state index is 0.423. The number of carbonyl (C=O) groups excluding carboxylic acids is 1. The van der Waals surface area contributed by atoms with Gasteiger partial charge >= 0.3 is 6.09 Å². The Balaban J connectivity index is 2.31. The number of fused-ring (bicyclic) bond motifs is 1. The fourth-order valence-corrected chi connectivity index (χ4v) is 2.24. The summed E-state index contributed by atoms with van der Waals surface area (Å²) < 4.78 is 6.08. The van der Waals surface area contributed by atoms with E-state index in [1.807, 2.05) is 18.2 Å². The van der Waals surface area contributed by atoms with E-state index in [-0.39, 0.29) is 0 Å². The van der Waals surface area contributed by atoms with Crippen LogP contribution in [0, 0.1) is 0 Å². The number of anilines is 1. The van der Waals surface area contributed by atoms with E-state index in [1.54, 1.807) is 20.8 Å². The Hall–Kier alpha value is -1.33. The summed E-state index contributed by atoms with van der Waals surface area (Å²) in [4.78, 5) is 16.0. The van der Waals surface area contributed by atoms with Crippen molar-refractivity contribution in [1.82, 2.24) is 4.98 Å². The quantitative estimate of drug-likeness (QED) is 0.781. The Morgan fingerprint density at radius 2 is 2.10 bits per heavy atom. The molecule has 0 spiro atoms. The number of ether oxygens (including phenoxy) is 1. The summed E-state index contributed by atoms with van der Waals surface area (Å²) >= 11 is 9.68. The number of hydrogen-bond acceptors (Lipinski definition) is 3. The van der Waals surface area contributed by atoms with Crippen molar-refractivity contribution in [2.75, 3.05) is 5.32 Å². The second kappa shape index (κ2) is 5.58. The molecule has 0 aliphatic heterocycles. The molecule has 1 heterocycles. The molecule has 4 nitrogen and oxygen atoms in total. The summed E-state index contributed by atoms with van der Waals surface area (Å²) in [5.74, 6) is 0. The van der Waals surface area contributed by atoms with E-state index in [1.165, 1.54) is 6.20 Å². The van der Waals surface area contributed by atoms with Crippen LogP contribution in [0.3, 0.4) is 0 Å². The summed E-state index contributed by atoms with van der Waals surface area (Å²) in [5, 5.41) is 3.80. The van der Waals surface area contributed by atoms with Crippen molar-refractivity contribution in [3.63, 3.8) is 0 Å². The predicted molar refractivity (Wildman–Crippen MR) is 84.3 cm³/mol. The molecule has 20 heavy (non-hydrogen) atoms. The van der Waals surface area contributed by atoms with E-state index in [0.717, 1.165) is 15.4 Å². The molecule has 0 fully saturated rings. The first-order valence-electron chi connectivity index (χ1n) is 6.00. The molecule has 0 aliphatic rings. The molecule has 1 N–H and O–H groups in total. The van der Waals surface area contributed by atoms with Crippen molar-refractivity contribution < 1.29 is 9.53 Å². The first-order valence-corrected chi connectivity index (χ1v) is 7.17. The second-order valence-electron chi connectivity index (χ2n) is 5.27. The highest BCUT2D eigenvalue weighted by atomic mass is 79.9. The lowest BCUT2D eigenvalue weighted by Crippen LogP contribution is -2.27. The molecule has 0 radical (unpaired) electrons. The van der Waals surface area contributed by atoms with Crippen molar-refractivity contribution in [2.24, 2.45) is 0 Å². The molecule has 0 aliphatic carbocycles. The number of pyridine rings is 1. The molecule has 6 heteroatoms. The van der Waals surface area contributed by atoms with Crippen LogP contribution in [0.2, 0.25) is 5.02 Å². The average molecular weight is 358 g/mol. The number of hydrogen-bond donors (Lipinski definition) is 1. The maximum Gasteiger partial charge on any atom is 0.412 e. The molecular weight excluding hydrogens is 344 g/mol. The van der Waals surface area contributed by atoms with Crippen molar-refractivity contribution in [1.29, 1.82) is 0 Å². The first-order chi connectivity index (χ1) is 9.26. The Morgan fingerprint density at radius 1 is 1.40 bits per heavy atom. The van der Waals surface area contributed by atoms with Gasteiger partial charge in [0.25, 0.3) is 0 Å². The number of aromatic nitrogens is 1. The number of carbonyl (C=O) groups is 1. The summed E-state index contributed by atoms with van der Waals surface area (Å²) in [6, 6.07) is 5.58. The van der Waals surface area contributed by atoms with Crippen molar-refractivity contribution >= 4 is 50.2 Å². The fraction of sp³-hybridized carbons (Fsp3) is 0.286. The van der Waals surface area contributed by atoms with Crippen LogP contribution in [-0.2, 0) is 4.74 Å². The van der Waals surface area contributed by atoms with E-state index >= 15 is 0 Å². The van der Waals surface area contributed by atoms with Crippen LogP contribution in [-0.4, -0.2) is 16.7 Å². The largest absolute Gasteiger partial charge is 0.444 e. The van der Waals surface area contributed by atoms with Gasteiger partial charge in [0.1, 0.15) is 5.60 Å². The lowest BCUT2D eigenvalue weighted by atomic mass is 10.2. The summed E-state index contributed by atoms with van der Waals surface area (Å²) in [6.07, 6.45) is 0.957. The highest BCUT2D eigenvalue weighted by molar-refractivity contribution is 9.10. The number of benzene rings is 1. The van der Waals surface area contributed by atoms with Gasteiger partial charge in [-0.15, -0.1) is 0 Å². The molecule has 0 saturated heterocycles. The molecule has 0 atom stereocenters. The Kier molecular flexibility index (Phi) is 4.20. The van der Waals surface area contributed by atoms with Crippen LogP contribution < -0.4 is 5.32 Å². The van der Waals surface area contributed by atoms with Gasteiger partial charge in [0.05, 0.1) is 22.4 Å². The molecule has 1 amide bonds. The van der Waals surface area contributed by atoms with E-state index in [0.29, 0.717) is 10.7 Å². The number of rotatable bonds is 1. The Bertz CT molecular complexity index is 668. The Labute approximate surface area is 130 Å². The van der Waals surface area contributed by atoms with Gasteiger partial charge in [-0.1, -0.05) is 27.5 Å². The van der Waals surface area contributed by atoms with Crippen LogP contribution >= 0.6 is 27.5 Å². The lowest BCUT2D eigenvalue weighted by Gasteiger charge is -2.20. The minimum atomic E-state index is -0.566. The van der Waals surface area contributed by atoms with E-state index in [9.17, 15) is 4.79 Å². The molecule has 1 aromatic carbocycles. The topological polar surface area (TPSA) is 51.2 Å². The van der Waals surface area contributed by atoms with Crippen LogP contribution in [0.15, 0.2) is 28.9 Å². The molecule has 0 saturated carbocycles. The highest BCUT2D eigenvalue weighted by Crippen LogP contribution is 2.31. The van der Waals surface area contributed by atoms with Gasteiger partial charge in [0.15, 0.2) is 0 Å². The number of nitrogens with one attached hydrogen (secondary N) is 1. The number of halogens is 2. The van der Waals surface area contributed by atoms with Crippen molar-refractivity contribution in [3.05, 3.63) is 33.9 Å². The molecule has 0 bridgehead atoms. The summed E-state index contributed by atoms with van der Waals surface area (Å²) in [7, 11) is 0. The van der Waals surface area contributed by atoms with Crippen molar-refractivity contribution in [3.8, 4) is 0 Å². The maximum atomic E-state index is 11.8. The van der Waals surface area contributed by atoms with E-state index in [2.05, 4.69) is 26.2 Å². The molecule has 2 rings (SSSR count). The summed E-state index contributed by atoms with van der Waals surface area (Å²) in [5.41, 5.74) is 0.614. The van der Waals surface area contributed by atoms with E-state index in [4.69, 9.17) is 16.3 Å². The number of amides is 1. The lowest BCUT2D eigenvalue weighted by molar-refractivity contribution is 0.0636. The Morgan fingerprint density at radius 3 is 2.75 bits per heavy atom. The SMILES string of the molecule is CC(C)(C)OC(=O)Nc1cnc2ccc(Br)cc2c1Cl. The third-order valence-electron chi connectivity index (χ3n) is 2.40. The van der Waals surface area contributed by atoms with Crippen molar-refractivity contribution in [2.45, 2.75) is 26.4 Å². The average Bonchev–Trinajstić information content (AvgIpc) is 2.31. The van der Waals surface area contributed by atoms with Gasteiger partial charge in [-0.2, -0.15) is 0 Å². The highest BCUT2D eigenvalue weighted by Gasteiger charge is 2.17. The minimum Gasteiger partial charge on any atom is -0.444 e. The standard InChI is InChI=1S/C14H14BrClN2O2/c1-14(2,3)20-13(19)18-11-7-17-10-5-4-8(15)6-9(10)12(11)16/h4-7H,1-3H3,(H,18,19). The molecular formula is C14H14BrClN2O2. The summed E-state index contributed by atoms with van der Waals surface area (Å²) in [6.45, 7) is 5.39. The zero-order valence-corrected chi connectivity index (χ0v) is 13.7. The second-order valence-corrected chi connectivity index (χ2v) is 6.57. The molecule has 106 valence electrons. The third kappa shape index (κ3) is 3.61. The van der Waals surface area contributed by atoms with Crippen LogP contribution in [0.5, 0.6) is 0 Å². The first kappa shape index (κ1) is 15.1. The fourth-order valence-electron chi connectivity index (χ4n) is 1.63. The van der Waals surface area contributed by atoms with Gasteiger partial charge in [-0.3, -0.25) is 10.3 Å². The van der Waals surface area contributed by atoms with Gasteiger partial charge < -0.3 is 4.74 Å². The molecule has 0 unspecified atom stereocenters. The normalized spacial score (nSPS) is 11.4. The molecule has 2 aromatic rings. The van der Waals surface area contributed by atoms with Gasteiger partial charge in [-0.25, -0.2) is 4.79 Å². The zero-order valence-electron chi connectivity index (χ0n) is 11.3. The smallest absolute Gasteiger partial charge is 0.412 e. The van der Waals surface area contributed by atoms with Crippen LogP contribution in [0.4, 0.5) is 10.5 Å². The predicted octanol–water partition coefficient (Wildman–Crippen LogP) is 5.00. The van der Waals surface area contributed by atoms with Gasteiger partial charge in [0.2, 0.25) is 0 Å². The van der Waals surface area contributed by atoms with E-state index < -0.39 is 11.7 Å². The van der Waals surface area contributed by atoms with Gasteiger partial charge in [0, 0.05) is 9.86 Å². The van der Waals surface area contributed by atoms with Crippen LogP contribution in [0.25, 0.3) is 10.9 Å². The van der Waals surface area contributed by atoms with Gasteiger partial charge in [-0.05, 0) is 39.0 Å². The number of nitrogens with zero attached hydrogens (tertiary/aromatic N) is 1. The maximum absolute atomic E-state index is 11.8. The monoisotopic (exact) mass is 356 g/mol. The molecule has 1 aromatic heterocycles. The third-order valence-corrected chi connectivity index (χ3v) is 3.30.